The molecule has 0 radical (unpaired) electrons. The fraction of sp³-hybridized carbons (Fsp3) is 0.300. The van der Waals surface area contributed by atoms with Crippen LogP contribution >= 0.6 is 0 Å². The summed E-state index contributed by atoms with van der Waals surface area (Å²) in [6.45, 7) is 1.09. The Balaban J connectivity index is 3.50. The van der Waals surface area contributed by atoms with Crippen molar-refractivity contribution < 1.29 is 27.1 Å². The summed E-state index contributed by atoms with van der Waals surface area (Å²) in [5.41, 5.74) is -1.39. The van der Waals surface area contributed by atoms with Gasteiger partial charge in [-0.1, -0.05) is 0 Å². The predicted molar refractivity (Wildman–Crippen MR) is 46.0 cm³/mol. The maximum atomic E-state index is 13.2. The Morgan fingerprint density at radius 3 is 1.65 bits per heavy atom. The van der Waals surface area contributed by atoms with Gasteiger partial charge in [-0.15, -0.1) is 0 Å². The summed E-state index contributed by atoms with van der Waals surface area (Å²) in [6.07, 6.45) is -2.09. The summed E-state index contributed by atoms with van der Waals surface area (Å²) in [4.78, 5) is 0. The molecule has 0 aliphatic carbocycles. The van der Waals surface area contributed by atoms with Crippen molar-refractivity contribution >= 4 is 0 Å². The van der Waals surface area contributed by atoms with Crippen LogP contribution in [-0.4, -0.2) is 5.11 Å². The van der Waals surface area contributed by atoms with Crippen LogP contribution < -0.4 is 0 Å². The van der Waals surface area contributed by atoms with Crippen molar-refractivity contribution in [2.75, 3.05) is 0 Å². The topological polar surface area (TPSA) is 44.0 Å². The van der Waals surface area contributed by atoms with E-state index in [1.807, 2.05) is 0 Å². The van der Waals surface area contributed by atoms with Crippen LogP contribution in [0.1, 0.15) is 18.6 Å². The van der Waals surface area contributed by atoms with Crippen molar-refractivity contribution in [3.05, 3.63) is 34.6 Å². The van der Waals surface area contributed by atoms with Crippen LogP contribution in [0.5, 0.6) is 0 Å². The first-order valence-electron chi connectivity index (χ1n) is 4.41. The summed E-state index contributed by atoms with van der Waals surface area (Å²) in [5.74, 6) is -12.2. The number of nitriles is 1. The second kappa shape index (κ2) is 4.67. The number of rotatable bonds is 2. The van der Waals surface area contributed by atoms with Gasteiger partial charge in [0.05, 0.1) is 17.6 Å². The molecule has 0 fully saturated rings. The first-order valence-corrected chi connectivity index (χ1v) is 4.41. The molecule has 1 aromatic carbocycles. The molecule has 2 unspecified atom stereocenters. The monoisotopic (exact) mass is 251 g/mol. The van der Waals surface area contributed by atoms with E-state index < -0.39 is 46.7 Å². The SMILES string of the molecule is CC(C#N)C(O)c1c(F)c(F)c(F)c(F)c1F. The largest absolute Gasteiger partial charge is 0.387 e. The molecule has 0 aromatic heterocycles. The predicted octanol–water partition coefficient (Wildman–Crippen LogP) is 2.58. The molecular formula is C10H6F5NO. The zero-order valence-corrected chi connectivity index (χ0v) is 8.44. The second-order valence-corrected chi connectivity index (χ2v) is 3.35. The van der Waals surface area contributed by atoms with Crippen LogP contribution in [0.25, 0.3) is 0 Å². The first-order chi connectivity index (χ1) is 7.82. The highest BCUT2D eigenvalue weighted by atomic mass is 19.2. The number of benzene rings is 1. The molecule has 1 aromatic rings. The van der Waals surface area contributed by atoms with Gasteiger partial charge in [0, 0.05) is 0 Å². The van der Waals surface area contributed by atoms with Crippen LogP contribution in [0.3, 0.4) is 0 Å². The van der Waals surface area contributed by atoms with Crippen molar-refractivity contribution in [2.24, 2.45) is 5.92 Å². The molecule has 0 heterocycles. The summed E-state index contributed by atoms with van der Waals surface area (Å²) < 4.78 is 64.5. The summed E-state index contributed by atoms with van der Waals surface area (Å²) >= 11 is 0. The standard InChI is InChI=1S/C10H6F5NO/c1-3(2-16)10(17)4-5(11)7(13)9(15)8(14)6(4)12/h3,10,17H,1H3. The van der Waals surface area contributed by atoms with Gasteiger partial charge in [0.15, 0.2) is 23.3 Å². The van der Waals surface area contributed by atoms with Crippen molar-refractivity contribution in [3.63, 3.8) is 0 Å². The Hall–Kier alpha value is -1.68. The molecule has 0 spiro atoms. The number of hydrogen-bond donors (Lipinski definition) is 1. The molecule has 0 amide bonds. The Labute approximate surface area is 92.9 Å². The normalized spacial score (nSPS) is 14.2. The molecule has 1 N–H and O–H groups in total. The zero-order valence-electron chi connectivity index (χ0n) is 8.44. The number of hydrogen-bond acceptors (Lipinski definition) is 2. The van der Waals surface area contributed by atoms with Gasteiger partial charge in [0.25, 0.3) is 0 Å². The van der Waals surface area contributed by atoms with Crippen LogP contribution in [-0.2, 0) is 0 Å². The lowest BCUT2D eigenvalue weighted by Gasteiger charge is -2.15. The third-order valence-corrected chi connectivity index (χ3v) is 2.22. The maximum absolute atomic E-state index is 13.2. The fourth-order valence-corrected chi connectivity index (χ4v) is 1.20. The summed E-state index contributed by atoms with van der Waals surface area (Å²) in [7, 11) is 0. The lowest BCUT2D eigenvalue weighted by molar-refractivity contribution is 0.130. The molecule has 0 aliphatic heterocycles. The molecule has 0 saturated carbocycles. The van der Waals surface area contributed by atoms with Crippen molar-refractivity contribution in [1.82, 2.24) is 0 Å². The molecule has 2 atom stereocenters. The number of aliphatic hydroxyl groups excluding tert-OH is 1. The summed E-state index contributed by atoms with van der Waals surface area (Å²) in [5, 5.41) is 17.8. The van der Waals surface area contributed by atoms with Crippen molar-refractivity contribution in [2.45, 2.75) is 13.0 Å². The number of nitrogens with zero attached hydrogens (tertiary/aromatic N) is 1. The van der Waals surface area contributed by atoms with Crippen LogP contribution in [0.2, 0.25) is 0 Å². The van der Waals surface area contributed by atoms with E-state index >= 15 is 0 Å². The van der Waals surface area contributed by atoms with E-state index in [0.29, 0.717) is 0 Å². The van der Waals surface area contributed by atoms with Crippen LogP contribution in [0.15, 0.2) is 0 Å². The Kier molecular flexibility index (Phi) is 3.68. The maximum Gasteiger partial charge on any atom is 0.200 e. The molecule has 92 valence electrons. The minimum absolute atomic E-state index is 1.09. The molecule has 1 rings (SSSR count). The number of halogens is 5. The highest BCUT2D eigenvalue weighted by Gasteiger charge is 2.31. The molecule has 0 aliphatic rings. The van der Waals surface area contributed by atoms with E-state index in [1.165, 1.54) is 6.07 Å². The Morgan fingerprint density at radius 2 is 1.29 bits per heavy atom. The van der Waals surface area contributed by atoms with Gasteiger partial charge in [-0.2, -0.15) is 5.26 Å². The third-order valence-electron chi connectivity index (χ3n) is 2.22. The van der Waals surface area contributed by atoms with E-state index in [4.69, 9.17) is 5.26 Å². The highest BCUT2D eigenvalue weighted by molar-refractivity contribution is 5.27. The van der Waals surface area contributed by atoms with Crippen LogP contribution in [0, 0.1) is 46.3 Å². The lowest BCUT2D eigenvalue weighted by Crippen LogP contribution is -2.15. The second-order valence-electron chi connectivity index (χ2n) is 3.35. The number of aliphatic hydroxyl groups is 1. The highest BCUT2D eigenvalue weighted by Crippen LogP contribution is 2.31. The van der Waals surface area contributed by atoms with Gasteiger partial charge < -0.3 is 5.11 Å². The third kappa shape index (κ3) is 2.08. The van der Waals surface area contributed by atoms with Crippen molar-refractivity contribution in [3.8, 4) is 6.07 Å². The first kappa shape index (κ1) is 13.4. The van der Waals surface area contributed by atoms with Crippen molar-refractivity contribution in [1.29, 1.82) is 5.26 Å². The fourth-order valence-electron chi connectivity index (χ4n) is 1.20. The molecular weight excluding hydrogens is 245 g/mol. The molecule has 17 heavy (non-hydrogen) atoms. The van der Waals surface area contributed by atoms with Gasteiger partial charge in [0.1, 0.15) is 6.10 Å². The van der Waals surface area contributed by atoms with Gasteiger partial charge in [-0.05, 0) is 6.92 Å². The van der Waals surface area contributed by atoms with E-state index in [0.717, 1.165) is 6.92 Å². The van der Waals surface area contributed by atoms with Gasteiger partial charge in [0.2, 0.25) is 5.82 Å². The molecule has 0 bridgehead atoms. The molecule has 7 heteroatoms. The molecule has 0 saturated heterocycles. The van der Waals surface area contributed by atoms with E-state index in [1.54, 1.807) is 0 Å². The molecule has 2 nitrogen and oxygen atoms in total. The average Bonchev–Trinajstić information content (AvgIpc) is 2.32. The Morgan fingerprint density at radius 1 is 0.941 bits per heavy atom. The van der Waals surface area contributed by atoms with E-state index in [-0.39, 0.29) is 0 Å². The minimum atomic E-state index is -2.31. The van der Waals surface area contributed by atoms with Crippen LogP contribution in [0.4, 0.5) is 22.0 Å². The van der Waals surface area contributed by atoms with Gasteiger partial charge >= 0.3 is 0 Å². The minimum Gasteiger partial charge on any atom is -0.387 e. The Bertz CT molecular complexity index is 467. The van der Waals surface area contributed by atoms with Gasteiger partial charge in [-0.3, -0.25) is 0 Å². The zero-order chi connectivity index (χ0) is 13.3. The summed E-state index contributed by atoms with van der Waals surface area (Å²) in [6, 6.07) is 1.45. The van der Waals surface area contributed by atoms with Gasteiger partial charge in [-0.25, -0.2) is 22.0 Å². The quantitative estimate of drug-likeness (QED) is 0.498. The average molecular weight is 251 g/mol. The van der Waals surface area contributed by atoms with E-state index in [9.17, 15) is 27.1 Å². The van der Waals surface area contributed by atoms with E-state index in [2.05, 4.69) is 0 Å². The lowest BCUT2D eigenvalue weighted by atomic mass is 9.97. The smallest absolute Gasteiger partial charge is 0.200 e.